The van der Waals surface area contributed by atoms with E-state index in [0.717, 1.165) is 6.26 Å². The number of hydrogen-bond donors (Lipinski definition) is 1. The second kappa shape index (κ2) is 4.34. The van der Waals surface area contributed by atoms with Crippen LogP contribution in [0.2, 0.25) is 0 Å². The fourth-order valence-corrected chi connectivity index (χ4v) is 2.17. The summed E-state index contributed by atoms with van der Waals surface area (Å²) in [5.74, 6) is 0.575. The van der Waals surface area contributed by atoms with E-state index in [1.807, 2.05) is 0 Å². The second-order valence-corrected chi connectivity index (χ2v) is 5.76. The topological polar surface area (TPSA) is 95.4 Å². The van der Waals surface area contributed by atoms with Gasteiger partial charge in [0, 0.05) is 17.9 Å². The lowest BCUT2D eigenvalue weighted by Gasteiger charge is -2.07. The largest absolute Gasteiger partial charge is 0.496 e. The first kappa shape index (κ1) is 12.4. The molecule has 1 aromatic carbocycles. The van der Waals surface area contributed by atoms with Crippen molar-refractivity contribution in [3.8, 4) is 17.0 Å². The van der Waals surface area contributed by atoms with Crippen LogP contribution < -0.4 is 10.5 Å². The molecular formula is C11H12N2O4S. The van der Waals surface area contributed by atoms with E-state index in [1.54, 1.807) is 6.07 Å². The maximum absolute atomic E-state index is 11.4. The minimum absolute atomic E-state index is 0.180. The molecular weight excluding hydrogens is 256 g/mol. The molecule has 18 heavy (non-hydrogen) atoms. The molecule has 1 aromatic heterocycles. The molecule has 0 spiro atoms. The van der Waals surface area contributed by atoms with E-state index >= 15 is 0 Å². The number of hydrogen-bond acceptors (Lipinski definition) is 6. The standard InChI is InChI=1S/C11H12N2O4S/c1-16-10-5-7(18(2,14)15)3-4-8(10)9-6-11(12)17-13-9/h3-6H,12H2,1-2H3. The smallest absolute Gasteiger partial charge is 0.222 e. The van der Waals surface area contributed by atoms with Crippen LogP contribution >= 0.6 is 0 Å². The summed E-state index contributed by atoms with van der Waals surface area (Å²) < 4.78 is 32.8. The zero-order chi connectivity index (χ0) is 13.3. The molecule has 0 radical (unpaired) electrons. The molecule has 0 bridgehead atoms. The van der Waals surface area contributed by atoms with Crippen LogP contribution in [0.3, 0.4) is 0 Å². The lowest BCUT2D eigenvalue weighted by molar-refractivity contribution is 0.412. The summed E-state index contributed by atoms with van der Waals surface area (Å²) in [6, 6.07) is 6.07. The molecule has 0 unspecified atom stereocenters. The molecule has 2 rings (SSSR count). The van der Waals surface area contributed by atoms with Gasteiger partial charge in [0.15, 0.2) is 9.84 Å². The number of anilines is 1. The van der Waals surface area contributed by atoms with Gasteiger partial charge in [-0.1, -0.05) is 5.16 Å². The predicted molar refractivity (Wildman–Crippen MR) is 66.0 cm³/mol. The Morgan fingerprint density at radius 2 is 2.06 bits per heavy atom. The number of nitrogens with two attached hydrogens (primary N) is 1. The molecule has 0 saturated heterocycles. The number of ether oxygens (including phenoxy) is 1. The lowest BCUT2D eigenvalue weighted by Crippen LogP contribution is -1.98. The van der Waals surface area contributed by atoms with Crippen molar-refractivity contribution in [3.63, 3.8) is 0 Å². The van der Waals surface area contributed by atoms with Crippen molar-refractivity contribution < 1.29 is 17.7 Å². The van der Waals surface area contributed by atoms with Crippen LogP contribution in [0.1, 0.15) is 0 Å². The molecule has 0 atom stereocenters. The Balaban J connectivity index is 2.57. The Kier molecular flexibility index (Phi) is 3.00. The molecule has 2 aromatic rings. The first-order chi connectivity index (χ1) is 8.41. The average molecular weight is 268 g/mol. The van der Waals surface area contributed by atoms with Crippen LogP contribution in [-0.4, -0.2) is 26.9 Å². The van der Waals surface area contributed by atoms with E-state index in [-0.39, 0.29) is 10.8 Å². The number of aromatic nitrogens is 1. The van der Waals surface area contributed by atoms with E-state index < -0.39 is 9.84 Å². The van der Waals surface area contributed by atoms with Crippen molar-refractivity contribution >= 4 is 15.7 Å². The lowest BCUT2D eigenvalue weighted by atomic mass is 10.1. The third-order valence-electron chi connectivity index (χ3n) is 2.41. The highest BCUT2D eigenvalue weighted by Gasteiger charge is 2.15. The van der Waals surface area contributed by atoms with E-state index in [2.05, 4.69) is 5.16 Å². The van der Waals surface area contributed by atoms with E-state index in [9.17, 15) is 8.42 Å². The third kappa shape index (κ3) is 2.30. The van der Waals surface area contributed by atoms with E-state index in [4.69, 9.17) is 15.0 Å². The van der Waals surface area contributed by atoms with Crippen molar-refractivity contribution in [2.45, 2.75) is 4.90 Å². The van der Waals surface area contributed by atoms with E-state index in [1.165, 1.54) is 25.3 Å². The molecule has 0 fully saturated rings. The van der Waals surface area contributed by atoms with Gasteiger partial charge in [-0.25, -0.2) is 8.42 Å². The maximum Gasteiger partial charge on any atom is 0.222 e. The first-order valence-corrected chi connectivity index (χ1v) is 6.91. The van der Waals surface area contributed by atoms with Crippen LogP contribution in [0, 0.1) is 0 Å². The molecule has 2 N–H and O–H groups in total. The van der Waals surface area contributed by atoms with Crippen LogP contribution in [0.25, 0.3) is 11.3 Å². The maximum atomic E-state index is 11.4. The van der Waals surface area contributed by atoms with Gasteiger partial charge in [-0.15, -0.1) is 0 Å². The van der Waals surface area contributed by atoms with Crippen molar-refractivity contribution in [2.24, 2.45) is 0 Å². The number of rotatable bonds is 3. The molecule has 7 heteroatoms. The molecule has 0 aliphatic rings. The Morgan fingerprint density at radius 1 is 1.33 bits per heavy atom. The van der Waals surface area contributed by atoms with Crippen molar-refractivity contribution in [3.05, 3.63) is 24.3 Å². The number of nitrogen functional groups attached to an aromatic ring is 1. The van der Waals surface area contributed by atoms with Gasteiger partial charge in [0.05, 0.1) is 12.0 Å². The summed E-state index contributed by atoms with van der Waals surface area (Å²) >= 11 is 0. The van der Waals surface area contributed by atoms with Gasteiger partial charge in [-0.05, 0) is 18.2 Å². The van der Waals surface area contributed by atoms with Gasteiger partial charge in [0.2, 0.25) is 5.88 Å². The first-order valence-electron chi connectivity index (χ1n) is 5.02. The second-order valence-electron chi connectivity index (χ2n) is 3.75. The molecule has 0 amide bonds. The molecule has 0 saturated carbocycles. The third-order valence-corrected chi connectivity index (χ3v) is 3.52. The van der Waals surface area contributed by atoms with Crippen molar-refractivity contribution in [2.75, 3.05) is 19.1 Å². The Morgan fingerprint density at radius 3 is 2.56 bits per heavy atom. The predicted octanol–water partition coefficient (Wildman–Crippen LogP) is 1.34. The molecule has 0 aliphatic carbocycles. The average Bonchev–Trinajstić information content (AvgIpc) is 2.73. The highest BCUT2D eigenvalue weighted by molar-refractivity contribution is 7.90. The highest BCUT2D eigenvalue weighted by Crippen LogP contribution is 2.32. The van der Waals surface area contributed by atoms with Gasteiger partial charge in [0.25, 0.3) is 0 Å². The highest BCUT2D eigenvalue weighted by atomic mass is 32.2. The monoisotopic (exact) mass is 268 g/mol. The minimum atomic E-state index is -3.28. The van der Waals surface area contributed by atoms with Crippen LogP contribution in [0.5, 0.6) is 5.75 Å². The zero-order valence-electron chi connectivity index (χ0n) is 9.88. The molecule has 1 heterocycles. The molecule has 96 valence electrons. The number of methoxy groups -OCH3 is 1. The minimum Gasteiger partial charge on any atom is -0.496 e. The number of benzene rings is 1. The van der Waals surface area contributed by atoms with Crippen molar-refractivity contribution in [1.82, 2.24) is 5.16 Å². The van der Waals surface area contributed by atoms with Gasteiger partial charge in [0.1, 0.15) is 11.4 Å². The quantitative estimate of drug-likeness (QED) is 0.902. The molecule has 6 nitrogen and oxygen atoms in total. The van der Waals surface area contributed by atoms with E-state index in [0.29, 0.717) is 17.0 Å². The van der Waals surface area contributed by atoms with Crippen LogP contribution in [0.15, 0.2) is 33.7 Å². The van der Waals surface area contributed by atoms with Gasteiger partial charge in [-0.3, -0.25) is 0 Å². The summed E-state index contributed by atoms with van der Waals surface area (Å²) in [6.45, 7) is 0. The van der Waals surface area contributed by atoms with Crippen LogP contribution in [-0.2, 0) is 9.84 Å². The normalized spacial score (nSPS) is 11.4. The van der Waals surface area contributed by atoms with Crippen molar-refractivity contribution in [1.29, 1.82) is 0 Å². The summed E-state index contributed by atoms with van der Waals surface area (Å²) in [5.41, 5.74) is 6.55. The molecule has 0 aliphatic heterocycles. The zero-order valence-corrected chi connectivity index (χ0v) is 10.7. The fraction of sp³-hybridized carbons (Fsp3) is 0.182. The van der Waals surface area contributed by atoms with Gasteiger partial charge < -0.3 is 15.0 Å². The SMILES string of the molecule is COc1cc(S(C)(=O)=O)ccc1-c1cc(N)on1. The van der Waals surface area contributed by atoms with Crippen LogP contribution in [0.4, 0.5) is 5.88 Å². The summed E-state index contributed by atoms with van der Waals surface area (Å²) in [6.07, 6.45) is 1.13. The Bertz CT molecular complexity index is 676. The summed E-state index contributed by atoms with van der Waals surface area (Å²) in [4.78, 5) is 0.180. The fourth-order valence-electron chi connectivity index (χ4n) is 1.53. The summed E-state index contributed by atoms with van der Waals surface area (Å²) in [5, 5.41) is 3.76. The Labute approximate surface area is 104 Å². The van der Waals surface area contributed by atoms with Gasteiger partial charge >= 0.3 is 0 Å². The number of sulfone groups is 1. The summed E-state index contributed by atoms with van der Waals surface area (Å²) in [7, 11) is -1.82. The number of nitrogens with zero attached hydrogens (tertiary/aromatic N) is 1. The van der Waals surface area contributed by atoms with Gasteiger partial charge in [-0.2, -0.15) is 0 Å². The Hall–Kier alpha value is -2.02.